The van der Waals surface area contributed by atoms with Crippen LogP contribution in [-0.4, -0.2) is 34.2 Å². The Bertz CT molecular complexity index is 1020. The van der Waals surface area contributed by atoms with E-state index < -0.39 is 11.5 Å². The lowest BCUT2D eigenvalue weighted by atomic mass is 10.2. The summed E-state index contributed by atoms with van der Waals surface area (Å²) in [7, 11) is 1.60. The van der Waals surface area contributed by atoms with Crippen LogP contribution in [0.4, 0.5) is 0 Å². The van der Waals surface area contributed by atoms with Gasteiger partial charge in [-0.25, -0.2) is 9.97 Å². The maximum atomic E-state index is 12.8. The number of benzene rings is 1. The van der Waals surface area contributed by atoms with Crippen LogP contribution in [0.25, 0.3) is 11.2 Å². The van der Waals surface area contributed by atoms with E-state index in [1.54, 1.807) is 43.6 Å². The lowest BCUT2D eigenvalue weighted by molar-refractivity contribution is 0.0944. The van der Waals surface area contributed by atoms with Gasteiger partial charge in [0.15, 0.2) is 11.3 Å². The molecule has 27 heavy (non-hydrogen) atoms. The number of aryl methyl sites for hydroxylation is 1. The van der Waals surface area contributed by atoms with Gasteiger partial charge in [-0.2, -0.15) is 0 Å². The molecule has 0 bridgehead atoms. The van der Waals surface area contributed by atoms with Crippen molar-refractivity contribution in [3.05, 3.63) is 69.2 Å². The Morgan fingerprint density at radius 1 is 1.30 bits per heavy atom. The molecule has 0 aliphatic heterocycles. The number of carbonyl (C=O) groups excluding carboxylic acids is 1. The highest BCUT2D eigenvalue weighted by Crippen LogP contribution is 2.11. The maximum Gasteiger partial charge on any atom is 0.283 e. The smallest absolute Gasteiger partial charge is 0.283 e. The minimum atomic E-state index is -0.536. The Labute approximate surface area is 161 Å². The van der Waals surface area contributed by atoms with E-state index in [0.29, 0.717) is 35.8 Å². The number of fused-ring (bicyclic) bond motifs is 1. The van der Waals surface area contributed by atoms with Crippen molar-refractivity contribution in [3.63, 3.8) is 0 Å². The van der Waals surface area contributed by atoms with E-state index in [0.717, 1.165) is 5.56 Å². The Kier molecular flexibility index (Phi) is 6.16. The monoisotopic (exact) mass is 386 g/mol. The van der Waals surface area contributed by atoms with Crippen molar-refractivity contribution in [1.29, 1.82) is 0 Å². The summed E-state index contributed by atoms with van der Waals surface area (Å²) in [5.74, 6) is -0.536. The van der Waals surface area contributed by atoms with Gasteiger partial charge in [-0.15, -0.1) is 0 Å². The van der Waals surface area contributed by atoms with Crippen LogP contribution in [0.5, 0.6) is 0 Å². The summed E-state index contributed by atoms with van der Waals surface area (Å²) in [4.78, 5) is 33.9. The molecule has 7 nitrogen and oxygen atoms in total. The van der Waals surface area contributed by atoms with Crippen LogP contribution in [0.3, 0.4) is 0 Å². The summed E-state index contributed by atoms with van der Waals surface area (Å²) >= 11 is 5.95. The highest BCUT2D eigenvalue weighted by molar-refractivity contribution is 6.30. The van der Waals surface area contributed by atoms with Gasteiger partial charge in [0.1, 0.15) is 5.52 Å². The molecule has 0 saturated carbocycles. The normalized spacial score (nSPS) is 10.9. The topological polar surface area (TPSA) is 86.1 Å². The summed E-state index contributed by atoms with van der Waals surface area (Å²) in [6.45, 7) is 1.13. The maximum absolute atomic E-state index is 12.8. The van der Waals surface area contributed by atoms with E-state index in [9.17, 15) is 9.59 Å². The van der Waals surface area contributed by atoms with E-state index in [-0.39, 0.29) is 12.2 Å². The average molecular weight is 387 g/mol. The van der Waals surface area contributed by atoms with E-state index in [1.165, 1.54) is 4.57 Å². The molecule has 8 heteroatoms. The number of aromatic nitrogens is 3. The second-order valence-electron chi connectivity index (χ2n) is 5.92. The summed E-state index contributed by atoms with van der Waals surface area (Å²) in [5, 5.41) is 3.30. The van der Waals surface area contributed by atoms with E-state index in [4.69, 9.17) is 16.3 Å². The lowest BCUT2D eigenvalue weighted by Crippen LogP contribution is -2.35. The molecule has 3 aromatic rings. The molecule has 0 atom stereocenters. The third-order valence-corrected chi connectivity index (χ3v) is 4.22. The van der Waals surface area contributed by atoms with Gasteiger partial charge in [0, 0.05) is 38.0 Å². The molecule has 1 amide bonds. The van der Waals surface area contributed by atoms with E-state index in [2.05, 4.69) is 15.3 Å². The zero-order valence-corrected chi connectivity index (χ0v) is 15.6. The first-order valence-electron chi connectivity index (χ1n) is 8.47. The predicted molar refractivity (Wildman–Crippen MR) is 103 cm³/mol. The molecule has 0 aliphatic rings. The highest BCUT2D eigenvalue weighted by Gasteiger charge is 2.18. The number of carbonyl (C=O) groups is 1. The Hall–Kier alpha value is -2.77. The number of methoxy groups -OCH3 is 1. The zero-order chi connectivity index (χ0) is 19.2. The van der Waals surface area contributed by atoms with Gasteiger partial charge >= 0.3 is 0 Å². The van der Waals surface area contributed by atoms with Gasteiger partial charge in [0.2, 0.25) is 0 Å². The standard InChI is InChI=1S/C19H19ClN4O3/c1-27-10-4-9-24-17-15(7-3-8-21-17)23-16(19(24)26)18(25)22-12-13-5-2-6-14(20)11-13/h2-3,5-8,11H,4,9-10,12H2,1H3,(H,22,25). The summed E-state index contributed by atoms with van der Waals surface area (Å²) in [6.07, 6.45) is 2.21. The van der Waals surface area contributed by atoms with Crippen molar-refractivity contribution >= 4 is 28.7 Å². The van der Waals surface area contributed by atoms with Gasteiger partial charge in [-0.3, -0.25) is 14.2 Å². The van der Waals surface area contributed by atoms with Crippen LogP contribution in [0, 0.1) is 0 Å². The van der Waals surface area contributed by atoms with Crippen molar-refractivity contribution in [2.45, 2.75) is 19.5 Å². The van der Waals surface area contributed by atoms with Crippen LogP contribution in [0.2, 0.25) is 5.02 Å². The van der Waals surface area contributed by atoms with Gasteiger partial charge in [0.05, 0.1) is 0 Å². The molecule has 140 valence electrons. The molecule has 1 aromatic carbocycles. The van der Waals surface area contributed by atoms with Crippen LogP contribution in [0.1, 0.15) is 22.5 Å². The molecule has 2 heterocycles. The van der Waals surface area contributed by atoms with Gasteiger partial charge in [0.25, 0.3) is 11.5 Å². The largest absolute Gasteiger partial charge is 0.385 e. The van der Waals surface area contributed by atoms with Gasteiger partial charge < -0.3 is 10.1 Å². The minimum Gasteiger partial charge on any atom is -0.385 e. The third kappa shape index (κ3) is 4.50. The van der Waals surface area contributed by atoms with Gasteiger partial charge in [-0.1, -0.05) is 23.7 Å². The Morgan fingerprint density at radius 3 is 2.93 bits per heavy atom. The average Bonchev–Trinajstić information content (AvgIpc) is 2.67. The molecule has 0 fully saturated rings. The first-order chi connectivity index (χ1) is 13.1. The van der Waals surface area contributed by atoms with Crippen molar-refractivity contribution in [2.75, 3.05) is 13.7 Å². The van der Waals surface area contributed by atoms with E-state index >= 15 is 0 Å². The van der Waals surface area contributed by atoms with Crippen LogP contribution >= 0.6 is 11.6 Å². The number of hydrogen-bond acceptors (Lipinski definition) is 5. The van der Waals surface area contributed by atoms with E-state index in [1.807, 2.05) is 6.07 Å². The van der Waals surface area contributed by atoms with Crippen molar-refractivity contribution < 1.29 is 9.53 Å². The quantitative estimate of drug-likeness (QED) is 0.630. The number of pyridine rings is 1. The van der Waals surface area contributed by atoms with Crippen LogP contribution < -0.4 is 10.9 Å². The molecule has 2 aromatic heterocycles. The number of hydrogen-bond donors (Lipinski definition) is 1. The number of amides is 1. The summed E-state index contributed by atoms with van der Waals surface area (Å²) in [5.41, 5.74) is 1.14. The molecule has 0 aliphatic carbocycles. The first kappa shape index (κ1) is 19.0. The van der Waals surface area contributed by atoms with Crippen LogP contribution in [-0.2, 0) is 17.8 Å². The molecule has 0 radical (unpaired) electrons. The molecule has 0 spiro atoms. The lowest BCUT2D eigenvalue weighted by Gasteiger charge is -2.11. The second-order valence-corrected chi connectivity index (χ2v) is 6.36. The fourth-order valence-corrected chi connectivity index (χ4v) is 2.92. The molecular weight excluding hydrogens is 368 g/mol. The molecular formula is C19H19ClN4O3. The Morgan fingerprint density at radius 2 is 2.15 bits per heavy atom. The first-order valence-corrected chi connectivity index (χ1v) is 8.85. The Balaban J connectivity index is 1.89. The molecule has 0 unspecified atom stereocenters. The third-order valence-electron chi connectivity index (χ3n) is 3.99. The predicted octanol–water partition coefficient (Wildman–Crippen LogP) is 2.41. The number of rotatable bonds is 7. The molecule has 1 N–H and O–H groups in total. The van der Waals surface area contributed by atoms with Crippen LogP contribution in [0.15, 0.2) is 47.4 Å². The highest BCUT2D eigenvalue weighted by atomic mass is 35.5. The molecule has 0 saturated heterocycles. The number of nitrogens with zero attached hydrogens (tertiary/aromatic N) is 3. The van der Waals surface area contributed by atoms with Crippen molar-refractivity contribution in [3.8, 4) is 0 Å². The summed E-state index contributed by atoms with van der Waals surface area (Å²) < 4.78 is 6.52. The summed E-state index contributed by atoms with van der Waals surface area (Å²) in [6, 6.07) is 10.6. The molecule has 3 rings (SSSR count). The number of nitrogens with one attached hydrogen (secondary N) is 1. The van der Waals surface area contributed by atoms with Crippen molar-refractivity contribution in [1.82, 2.24) is 19.9 Å². The zero-order valence-electron chi connectivity index (χ0n) is 14.8. The van der Waals surface area contributed by atoms with Crippen molar-refractivity contribution in [2.24, 2.45) is 0 Å². The van der Waals surface area contributed by atoms with Gasteiger partial charge in [-0.05, 0) is 36.2 Å². The second kappa shape index (κ2) is 8.75. The SMILES string of the molecule is COCCCn1c(=O)c(C(=O)NCc2cccc(Cl)c2)nc2cccnc21. The number of ether oxygens (including phenoxy) is 1. The fraction of sp³-hybridized carbons (Fsp3) is 0.263. The minimum absolute atomic E-state index is 0.157. The fourth-order valence-electron chi connectivity index (χ4n) is 2.71. The number of halogens is 1.